The zero-order chi connectivity index (χ0) is 18.0. The summed E-state index contributed by atoms with van der Waals surface area (Å²) in [4.78, 5) is 24.7. The molecule has 0 aliphatic rings. The Morgan fingerprint density at radius 1 is 1.16 bits per heavy atom. The number of carbonyl (C=O) groups is 1. The average molecular weight is 339 g/mol. The van der Waals surface area contributed by atoms with Gasteiger partial charge >= 0.3 is 5.97 Å². The number of nitrogens with zero attached hydrogens (tertiary/aromatic N) is 4. The largest absolute Gasteiger partial charge is 0.462 e. The first-order valence-corrected chi connectivity index (χ1v) is 8.13. The van der Waals surface area contributed by atoms with Crippen molar-refractivity contribution in [3.8, 4) is 0 Å². The van der Waals surface area contributed by atoms with Crippen LogP contribution >= 0.6 is 0 Å². The van der Waals surface area contributed by atoms with Crippen LogP contribution in [0.2, 0.25) is 0 Å². The molecule has 3 rings (SSSR count). The zero-order valence-electron chi connectivity index (χ0n) is 14.6. The summed E-state index contributed by atoms with van der Waals surface area (Å²) in [7, 11) is 0. The van der Waals surface area contributed by atoms with E-state index in [0.717, 1.165) is 16.7 Å². The molecule has 0 saturated heterocycles. The van der Waals surface area contributed by atoms with Gasteiger partial charge in [-0.3, -0.25) is 0 Å². The van der Waals surface area contributed by atoms with Crippen molar-refractivity contribution in [3.63, 3.8) is 0 Å². The number of imidazole rings is 1. The van der Waals surface area contributed by atoms with E-state index in [1.165, 1.54) is 6.33 Å². The first kappa shape index (κ1) is 16.9. The molecule has 130 valence electrons. The Morgan fingerprint density at radius 2 is 1.88 bits per heavy atom. The number of aromatic nitrogens is 4. The third kappa shape index (κ3) is 3.45. The van der Waals surface area contributed by atoms with E-state index in [1.807, 2.05) is 37.5 Å². The lowest BCUT2D eigenvalue weighted by Crippen LogP contribution is -2.12. The molecule has 2 heterocycles. The molecule has 25 heavy (non-hydrogen) atoms. The molecule has 0 unspecified atom stereocenters. The number of hydrogen-bond acceptors (Lipinski definition) is 6. The lowest BCUT2D eigenvalue weighted by atomic mass is 10.00. The topological polar surface area (TPSA) is 95.9 Å². The second-order valence-electron chi connectivity index (χ2n) is 6.13. The molecule has 2 N–H and O–H groups in total. The second kappa shape index (κ2) is 6.88. The number of esters is 1. The maximum Gasteiger partial charge on any atom is 0.338 e. The van der Waals surface area contributed by atoms with E-state index >= 15 is 0 Å². The van der Waals surface area contributed by atoms with Crippen molar-refractivity contribution < 1.29 is 9.53 Å². The molecule has 1 aromatic carbocycles. The number of nitrogens with two attached hydrogens (primary N) is 1. The Labute approximate surface area is 145 Å². The number of rotatable bonds is 5. The standard InChI is InChI=1S/C18H21N5O2/c1-11-7-12(2)14(13(3)8-11)18(24)25-6-4-5-23-10-22-15-16(19)20-9-21-17(15)23/h7-10H,4-6H2,1-3H3,(H2,19,20,21). The number of fused-ring (bicyclic) bond motifs is 1. The van der Waals surface area contributed by atoms with E-state index in [-0.39, 0.29) is 5.97 Å². The number of ether oxygens (including phenoxy) is 1. The van der Waals surface area contributed by atoms with Crippen LogP contribution in [0.15, 0.2) is 24.8 Å². The molecule has 0 saturated carbocycles. The van der Waals surface area contributed by atoms with E-state index in [9.17, 15) is 4.79 Å². The molecular formula is C18H21N5O2. The number of carbonyl (C=O) groups excluding carboxylic acids is 1. The molecule has 3 aromatic rings. The van der Waals surface area contributed by atoms with Gasteiger partial charge in [0.2, 0.25) is 0 Å². The lowest BCUT2D eigenvalue weighted by Gasteiger charge is -2.11. The van der Waals surface area contributed by atoms with Gasteiger partial charge in [0, 0.05) is 6.54 Å². The van der Waals surface area contributed by atoms with Crippen molar-refractivity contribution >= 4 is 23.0 Å². The molecule has 0 radical (unpaired) electrons. The van der Waals surface area contributed by atoms with Crippen LogP contribution in [-0.4, -0.2) is 32.1 Å². The van der Waals surface area contributed by atoms with Crippen molar-refractivity contribution in [2.24, 2.45) is 0 Å². The monoisotopic (exact) mass is 339 g/mol. The number of nitrogen functional groups attached to an aromatic ring is 1. The normalized spacial score (nSPS) is 11.0. The number of benzene rings is 1. The Morgan fingerprint density at radius 3 is 2.60 bits per heavy atom. The number of hydrogen-bond donors (Lipinski definition) is 1. The van der Waals surface area contributed by atoms with Gasteiger partial charge in [0.1, 0.15) is 11.8 Å². The first-order valence-electron chi connectivity index (χ1n) is 8.13. The lowest BCUT2D eigenvalue weighted by molar-refractivity contribution is 0.0494. The van der Waals surface area contributed by atoms with Crippen LogP contribution in [0.4, 0.5) is 5.82 Å². The SMILES string of the molecule is Cc1cc(C)c(C(=O)OCCCn2cnc3c(N)ncnc32)c(C)c1. The quantitative estimate of drug-likeness (QED) is 0.567. The molecule has 0 atom stereocenters. The van der Waals surface area contributed by atoms with E-state index in [1.54, 1.807) is 6.33 Å². The van der Waals surface area contributed by atoms with Crippen LogP contribution in [0, 0.1) is 20.8 Å². The fourth-order valence-electron chi connectivity index (χ4n) is 3.04. The van der Waals surface area contributed by atoms with Gasteiger partial charge in [-0.2, -0.15) is 0 Å². The predicted molar refractivity (Wildman–Crippen MR) is 95.3 cm³/mol. The van der Waals surface area contributed by atoms with Gasteiger partial charge in [0.15, 0.2) is 11.5 Å². The summed E-state index contributed by atoms with van der Waals surface area (Å²) >= 11 is 0. The predicted octanol–water partition coefficient (Wildman–Crippen LogP) is 2.58. The van der Waals surface area contributed by atoms with Crippen molar-refractivity contribution in [2.75, 3.05) is 12.3 Å². The molecule has 7 heteroatoms. The van der Waals surface area contributed by atoms with Crippen LogP contribution in [0.5, 0.6) is 0 Å². The minimum absolute atomic E-state index is 0.281. The van der Waals surface area contributed by atoms with E-state index in [2.05, 4.69) is 15.0 Å². The highest BCUT2D eigenvalue weighted by Gasteiger charge is 2.14. The van der Waals surface area contributed by atoms with Crippen LogP contribution in [0.1, 0.15) is 33.5 Å². The van der Waals surface area contributed by atoms with Gasteiger partial charge in [0.05, 0.1) is 18.5 Å². The molecule has 0 spiro atoms. The zero-order valence-corrected chi connectivity index (χ0v) is 14.6. The molecule has 2 aromatic heterocycles. The summed E-state index contributed by atoms with van der Waals surface area (Å²) in [5.41, 5.74) is 10.7. The molecular weight excluding hydrogens is 318 g/mol. The highest BCUT2D eigenvalue weighted by atomic mass is 16.5. The summed E-state index contributed by atoms with van der Waals surface area (Å²) in [5.74, 6) is 0.0811. The van der Waals surface area contributed by atoms with E-state index in [4.69, 9.17) is 10.5 Å². The Bertz CT molecular complexity index is 909. The Balaban J connectivity index is 1.60. The number of anilines is 1. The van der Waals surface area contributed by atoms with Crippen LogP contribution < -0.4 is 5.73 Å². The minimum atomic E-state index is -0.281. The van der Waals surface area contributed by atoms with Gasteiger partial charge in [-0.05, 0) is 38.3 Å². The van der Waals surface area contributed by atoms with Gasteiger partial charge in [-0.15, -0.1) is 0 Å². The average Bonchev–Trinajstić information content (AvgIpc) is 2.95. The third-order valence-electron chi connectivity index (χ3n) is 4.09. The third-order valence-corrected chi connectivity index (χ3v) is 4.09. The molecule has 0 amide bonds. The van der Waals surface area contributed by atoms with Gasteiger partial charge < -0.3 is 15.0 Å². The summed E-state index contributed by atoms with van der Waals surface area (Å²) < 4.78 is 7.31. The Kier molecular flexibility index (Phi) is 4.65. The summed E-state index contributed by atoms with van der Waals surface area (Å²) in [6, 6.07) is 3.98. The van der Waals surface area contributed by atoms with Gasteiger partial charge in [-0.1, -0.05) is 17.7 Å². The fraction of sp³-hybridized carbons (Fsp3) is 0.333. The second-order valence-corrected chi connectivity index (χ2v) is 6.13. The Hall–Kier alpha value is -2.96. The van der Waals surface area contributed by atoms with Crippen molar-refractivity contribution in [3.05, 3.63) is 47.0 Å². The molecule has 7 nitrogen and oxygen atoms in total. The van der Waals surface area contributed by atoms with Gasteiger partial charge in [-0.25, -0.2) is 19.7 Å². The van der Waals surface area contributed by atoms with Crippen molar-refractivity contribution in [2.45, 2.75) is 33.7 Å². The van der Waals surface area contributed by atoms with Crippen molar-refractivity contribution in [1.29, 1.82) is 0 Å². The minimum Gasteiger partial charge on any atom is -0.462 e. The van der Waals surface area contributed by atoms with E-state index in [0.29, 0.717) is 42.1 Å². The van der Waals surface area contributed by atoms with E-state index < -0.39 is 0 Å². The van der Waals surface area contributed by atoms with Crippen LogP contribution in [-0.2, 0) is 11.3 Å². The van der Waals surface area contributed by atoms with Crippen LogP contribution in [0.25, 0.3) is 11.2 Å². The highest BCUT2D eigenvalue weighted by molar-refractivity contribution is 5.92. The molecule has 0 aliphatic heterocycles. The fourth-order valence-corrected chi connectivity index (χ4v) is 3.04. The summed E-state index contributed by atoms with van der Waals surface area (Å²) in [6.45, 7) is 6.83. The molecule has 0 fully saturated rings. The maximum absolute atomic E-state index is 12.3. The summed E-state index contributed by atoms with van der Waals surface area (Å²) in [5, 5.41) is 0. The number of aryl methyl sites for hydroxylation is 4. The molecule has 0 bridgehead atoms. The maximum atomic E-state index is 12.3. The first-order chi connectivity index (χ1) is 12.0. The van der Waals surface area contributed by atoms with Crippen molar-refractivity contribution in [1.82, 2.24) is 19.5 Å². The highest BCUT2D eigenvalue weighted by Crippen LogP contribution is 2.18. The summed E-state index contributed by atoms with van der Waals surface area (Å²) in [6.07, 6.45) is 3.75. The van der Waals surface area contributed by atoms with Gasteiger partial charge in [0.25, 0.3) is 0 Å². The molecule has 0 aliphatic carbocycles. The smallest absolute Gasteiger partial charge is 0.338 e. The van der Waals surface area contributed by atoms with Crippen LogP contribution in [0.3, 0.4) is 0 Å².